The molecule has 0 amide bonds. The Balaban J connectivity index is 1.76. The van der Waals surface area contributed by atoms with Gasteiger partial charge in [-0.25, -0.2) is 0 Å². The maximum Gasteiger partial charge on any atom is -0.0139 e. The van der Waals surface area contributed by atoms with Crippen molar-refractivity contribution in [3.63, 3.8) is 0 Å². The second-order valence-electron chi connectivity index (χ2n) is 8.26. The lowest BCUT2D eigenvalue weighted by atomic mass is 9.64. The van der Waals surface area contributed by atoms with Crippen LogP contribution in [0, 0.1) is 41.4 Å². The highest BCUT2D eigenvalue weighted by Crippen LogP contribution is 2.58. The van der Waals surface area contributed by atoms with E-state index in [1.807, 2.05) is 0 Å². The summed E-state index contributed by atoms with van der Waals surface area (Å²) in [5, 5.41) is 0. The Labute approximate surface area is 138 Å². The van der Waals surface area contributed by atoms with Gasteiger partial charge in [-0.2, -0.15) is 0 Å². The fourth-order valence-electron chi connectivity index (χ4n) is 6.20. The summed E-state index contributed by atoms with van der Waals surface area (Å²) < 4.78 is 0. The first-order valence-electron chi connectivity index (χ1n) is 10.1. The second kappa shape index (κ2) is 7.37. The molecule has 7 atom stereocenters. The van der Waals surface area contributed by atoms with Crippen LogP contribution in [0.3, 0.4) is 0 Å². The van der Waals surface area contributed by atoms with Gasteiger partial charge in [0.25, 0.3) is 0 Å². The number of fused-ring (bicyclic) bond motifs is 3. The van der Waals surface area contributed by atoms with E-state index < -0.39 is 0 Å². The van der Waals surface area contributed by atoms with E-state index in [9.17, 15) is 0 Å². The molecule has 3 rings (SSSR count). The van der Waals surface area contributed by atoms with E-state index in [0.29, 0.717) is 0 Å². The van der Waals surface area contributed by atoms with Crippen LogP contribution in [0.25, 0.3) is 0 Å². The zero-order chi connectivity index (χ0) is 15.5. The highest BCUT2D eigenvalue weighted by atomic mass is 14.5. The minimum absolute atomic E-state index is 0.819. The molecule has 0 aromatic carbocycles. The van der Waals surface area contributed by atoms with E-state index in [-0.39, 0.29) is 0 Å². The molecule has 0 bridgehead atoms. The Hall–Kier alpha value is -0.520. The summed E-state index contributed by atoms with van der Waals surface area (Å²) in [6.45, 7) is 6.90. The molecule has 0 spiro atoms. The Bertz CT molecular complexity index is 404. The molecular weight excluding hydrogens is 264 g/mol. The predicted molar refractivity (Wildman–Crippen MR) is 96.7 cm³/mol. The number of rotatable bonds is 4. The molecule has 0 N–H and O–H groups in total. The average Bonchev–Trinajstić information content (AvgIpc) is 2.92. The number of hydrogen-bond acceptors (Lipinski definition) is 0. The Morgan fingerprint density at radius 1 is 0.864 bits per heavy atom. The quantitative estimate of drug-likeness (QED) is 0.511. The third-order valence-corrected chi connectivity index (χ3v) is 7.26. The van der Waals surface area contributed by atoms with E-state index in [1.165, 1.54) is 44.9 Å². The zero-order valence-corrected chi connectivity index (χ0v) is 15.0. The van der Waals surface area contributed by atoms with Crippen LogP contribution < -0.4 is 0 Å². The molecule has 3 fully saturated rings. The van der Waals surface area contributed by atoms with Crippen LogP contribution in [-0.4, -0.2) is 0 Å². The Morgan fingerprint density at radius 2 is 1.73 bits per heavy atom. The van der Waals surface area contributed by atoms with Crippen molar-refractivity contribution in [3.8, 4) is 0 Å². The van der Waals surface area contributed by atoms with Gasteiger partial charge in [-0.15, -0.1) is 0 Å². The summed E-state index contributed by atoms with van der Waals surface area (Å²) in [7, 11) is 0. The van der Waals surface area contributed by atoms with Crippen molar-refractivity contribution in [3.05, 3.63) is 24.3 Å². The summed E-state index contributed by atoms with van der Waals surface area (Å²) >= 11 is 0. The Kier molecular flexibility index (Phi) is 5.47. The van der Waals surface area contributed by atoms with Crippen molar-refractivity contribution in [2.24, 2.45) is 41.4 Å². The molecule has 124 valence electrons. The van der Waals surface area contributed by atoms with Crippen LogP contribution in [0.1, 0.15) is 72.1 Å². The third-order valence-electron chi connectivity index (χ3n) is 7.26. The molecule has 0 aliphatic heterocycles. The smallest absolute Gasteiger partial charge is 0.0139 e. The molecular formula is C22H36. The summed E-state index contributed by atoms with van der Waals surface area (Å²) in [4.78, 5) is 0. The van der Waals surface area contributed by atoms with Gasteiger partial charge in [-0.1, -0.05) is 51.0 Å². The molecule has 0 heterocycles. The monoisotopic (exact) mass is 300 g/mol. The Morgan fingerprint density at radius 3 is 2.45 bits per heavy atom. The highest BCUT2D eigenvalue weighted by Gasteiger charge is 2.50. The van der Waals surface area contributed by atoms with Gasteiger partial charge in [0.1, 0.15) is 0 Å². The van der Waals surface area contributed by atoms with E-state index in [0.717, 1.165) is 41.4 Å². The molecule has 0 heteroatoms. The van der Waals surface area contributed by atoms with Crippen molar-refractivity contribution >= 4 is 0 Å². The fraction of sp³-hybridized carbons (Fsp3) is 0.818. The lowest BCUT2D eigenvalue weighted by molar-refractivity contribution is 0.115. The maximum absolute atomic E-state index is 2.57. The molecule has 3 saturated carbocycles. The number of allylic oxidation sites excluding steroid dienone is 4. The van der Waals surface area contributed by atoms with Crippen molar-refractivity contribution in [2.75, 3.05) is 0 Å². The largest absolute Gasteiger partial charge is 0.0914 e. The van der Waals surface area contributed by atoms with E-state index in [2.05, 4.69) is 45.1 Å². The first kappa shape index (κ1) is 16.3. The summed E-state index contributed by atoms with van der Waals surface area (Å²) in [5.41, 5.74) is 0. The SMILES string of the molecule is CC=CC1C(C=CCC)CCC2C3CC(CC)CCC3CC12. The molecule has 7 unspecified atom stereocenters. The van der Waals surface area contributed by atoms with Crippen LogP contribution >= 0.6 is 0 Å². The maximum atomic E-state index is 2.57. The van der Waals surface area contributed by atoms with Crippen molar-refractivity contribution < 1.29 is 0 Å². The molecule has 0 aromatic rings. The minimum Gasteiger partial charge on any atom is -0.0914 e. The first-order valence-corrected chi connectivity index (χ1v) is 10.1. The van der Waals surface area contributed by atoms with Gasteiger partial charge in [0.2, 0.25) is 0 Å². The van der Waals surface area contributed by atoms with E-state index in [1.54, 1.807) is 6.42 Å². The summed E-state index contributed by atoms with van der Waals surface area (Å²) in [5.74, 6) is 6.87. The predicted octanol–water partition coefficient (Wildman–Crippen LogP) is 6.63. The molecule has 0 saturated heterocycles. The van der Waals surface area contributed by atoms with Crippen LogP contribution in [0.5, 0.6) is 0 Å². The highest BCUT2D eigenvalue weighted by molar-refractivity contribution is 5.09. The zero-order valence-electron chi connectivity index (χ0n) is 15.0. The van der Waals surface area contributed by atoms with Crippen LogP contribution in [0.4, 0.5) is 0 Å². The van der Waals surface area contributed by atoms with E-state index in [4.69, 9.17) is 0 Å². The van der Waals surface area contributed by atoms with Crippen molar-refractivity contribution in [1.82, 2.24) is 0 Å². The van der Waals surface area contributed by atoms with Crippen LogP contribution in [0.15, 0.2) is 24.3 Å². The standard InChI is InChI=1S/C22H36/c1-4-7-9-17-12-13-20-21-14-16(6-3)10-11-18(21)15-22(20)19(17)8-5-2/h5,7-9,16-22H,4,6,10-15H2,1-3H3. The van der Waals surface area contributed by atoms with Crippen molar-refractivity contribution in [1.29, 1.82) is 0 Å². The van der Waals surface area contributed by atoms with E-state index >= 15 is 0 Å². The summed E-state index contributed by atoms with van der Waals surface area (Å²) in [6, 6.07) is 0. The van der Waals surface area contributed by atoms with Gasteiger partial charge in [0.15, 0.2) is 0 Å². The van der Waals surface area contributed by atoms with Gasteiger partial charge in [0, 0.05) is 0 Å². The summed E-state index contributed by atoms with van der Waals surface area (Å²) in [6.07, 6.45) is 21.6. The van der Waals surface area contributed by atoms with Gasteiger partial charge in [0.05, 0.1) is 0 Å². The van der Waals surface area contributed by atoms with Gasteiger partial charge >= 0.3 is 0 Å². The second-order valence-corrected chi connectivity index (χ2v) is 8.26. The minimum atomic E-state index is 0.819. The van der Waals surface area contributed by atoms with Crippen LogP contribution in [0.2, 0.25) is 0 Å². The van der Waals surface area contributed by atoms with Crippen LogP contribution in [-0.2, 0) is 0 Å². The van der Waals surface area contributed by atoms with Crippen molar-refractivity contribution in [2.45, 2.75) is 72.1 Å². The first-order chi connectivity index (χ1) is 10.8. The topological polar surface area (TPSA) is 0 Å². The average molecular weight is 301 g/mol. The third kappa shape index (κ3) is 3.08. The van der Waals surface area contributed by atoms with Gasteiger partial charge in [-0.3, -0.25) is 0 Å². The molecule has 3 aliphatic carbocycles. The molecule has 0 nitrogen and oxygen atoms in total. The molecule has 0 aromatic heterocycles. The van der Waals surface area contributed by atoms with Gasteiger partial charge < -0.3 is 0 Å². The normalized spacial score (nSPS) is 45.3. The van der Waals surface area contributed by atoms with Gasteiger partial charge in [-0.05, 0) is 86.9 Å². The molecule has 3 aliphatic rings. The lowest BCUT2D eigenvalue weighted by Gasteiger charge is -2.41. The molecule has 22 heavy (non-hydrogen) atoms. The lowest BCUT2D eigenvalue weighted by Crippen LogP contribution is -2.33. The number of hydrogen-bond donors (Lipinski definition) is 0. The fourth-order valence-corrected chi connectivity index (χ4v) is 6.20. The molecule has 0 radical (unpaired) electrons.